The molecule has 0 spiro atoms. The zero-order valence-corrected chi connectivity index (χ0v) is 14.5. The molecule has 0 saturated carbocycles. The monoisotopic (exact) mass is 363 g/mol. The van der Waals surface area contributed by atoms with Gasteiger partial charge in [-0.2, -0.15) is 0 Å². The molecule has 2 aliphatic rings. The maximum absolute atomic E-state index is 12.1. The summed E-state index contributed by atoms with van der Waals surface area (Å²) in [6.07, 6.45) is 0.273. The SMILES string of the molecule is COCc1ccc(OC2CCCC(C(=O)O)O2)c(N2C(=O)CCC2=O)c1. The number of hydrogen-bond donors (Lipinski definition) is 1. The minimum atomic E-state index is -1.03. The number of carboxylic acids is 1. The van der Waals surface area contributed by atoms with Crippen LogP contribution in [-0.2, 0) is 30.5 Å². The summed E-state index contributed by atoms with van der Waals surface area (Å²) in [6.45, 7) is 0.324. The number of carbonyl (C=O) groups is 3. The largest absolute Gasteiger partial charge is 0.479 e. The van der Waals surface area contributed by atoms with Crippen LogP contribution in [0.15, 0.2) is 18.2 Å². The lowest BCUT2D eigenvalue weighted by Gasteiger charge is -2.29. The standard InChI is InChI=1S/C18H21NO7/c1-24-10-11-5-6-13(12(9-11)19-15(20)7-8-16(19)21)25-17-4-2-3-14(26-17)18(22)23/h5-6,9,14,17H,2-4,7-8,10H2,1H3,(H,22,23). The molecule has 0 radical (unpaired) electrons. The van der Waals surface area contributed by atoms with Crippen molar-refractivity contribution in [3.63, 3.8) is 0 Å². The van der Waals surface area contributed by atoms with E-state index < -0.39 is 18.4 Å². The number of imide groups is 1. The predicted molar refractivity (Wildman–Crippen MR) is 89.7 cm³/mol. The van der Waals surface area contributed by atoms with Gasteiger partial charge in [-0.25, -0.2) is 9.69 Å². The normalized spacial score (nSPS) is 23.3. The average molecular weight is 363 g/mol. The molecule has 0 aromatic heterocycles. The van der Waals surface area contributed by atoms with Crippen LogP contribution in [0.25, 0.3) is 0 Å². The number of methoxy groups -OCH3 is 1. The van der Waals surface area contributed by atoms with Crippen molar-refractivity contribution in [2.75, 3.05) is 12.0 Å². The summed E-state index contributed by atoms with van der Waals surface area (Å²) in [5, 5.41) is 9.12. The van der Waals surface area contributed by atoms with Crippen molar-refractivity contribution in [1.82, 2.24) is 0 Å². The second-order valence-corrected chi connectivity index (χ2v) is 6.30. The molecule has 8 heteroatoms. The number of nitrogens with zero attached hydrogens (tertiary/aromatic N) is 1. The van der Waals surface area contributed by atoms with Gasteiger partial charge in [-0.05, 0) is 30.5 Å². The predicted octanol–water partition coefficient (Wildman–Crippen LogP) is 1.84. The quantitative estimate of drug-likeness (QED) is 0.769. The van der Waals surface area contributed by atoms with E-state index in [-0.39, 0.29) is 24.7 Å². The van der Waals surface area contributed by atoms with Crippen LogP contribution in [0, 0.1) is 0 Å². The Labute approximate surface area is 150 Å². The first-order chi connectivity index (χ1) is 12.5. The average Bonchev–Trinajstić information content (AvgIpc) is 2.95. The Morgan fingerprint density at radius 2 is 2.00 bits per heavy atom. The number of benzene rings is 1. The molecule has 2 atom stereocenters. The molecule has 1 N–H and O–H groups in total. The van der Waals surface area contributed by atoms with Crippen LogP contribution in [0.4, 0.5) is 5.69 Å². The molecule has 1 aromatic carbocycles. The molecule has 2 fully saturated rings. The van der Waals surface area contributed by atoms with E-state index in [9.17, 15) is 14.4 Å². The third kappa shape index (κ3) is 3.86. The van der Waals surface area contributed by atoms with Crippen molar-refractivity contribution in [1.29, 1.82) is 0 Å². The maximum atomic E-state index is 12.1. The lowest BCUT2D eigenvalue weighted by Crippen LogP contribution is -2.37. The third-order valence-electron chi connectivity index (χ3n) is 4.38. The molecule has 8 nitrogen and oxygen atoms in total. The number of amides is 2. The van der Waals surface area contributed by atoms with Gasteiger partial charge < -0.3 is 19.3 Å². The molecule has 26 heavy (non-hydrogen) atoms. The van der Waals surface area contributed by atoms with Gasteiger partial charge in [0.15, 0.2) is 6.10 Å². The Morgan fingerprint density at radius 3 is 2.65 bits per heavy atom. The molecular formula is C18H21NO7. The molecular weight excluding hydrogens is 342 g/mol. The van der Waals surface area contributed by atoms with Gasteiger partial charge in [0.2, 0.25) is 18.1 Å². The summed E-state index contributed by atoms with van der Waals surface area (Å²) in [5.41, 5.74) is 1.13. The summed E-state index contributed by atoms with van der Waals surface area (Å²) in [6, 6.07) is 5.10. The van der Waals surface area contributed by atoms with Gasteiger partial charge in [-0.1, -0.05) is 6.07 Å². The first kappa shape index (κ1) is 18.3. The third-order valence-corrected chi connectivity index (χ3v) is 4.38. The lowest BCUT2D eigenvalue weighted by molar-refractivity contribution is -0.180. The van der Waals surface area contributed by atoms with Gasteiger partial charge >= 0.3 is 5.97 Å². The second kappa shape index (κ2) is 7.84. The van der Waals surface area contributed by atoms with E-state index in [0.717, 1.165) is 10.5 Å². The zero-order chi connectivity index (χ0) is 18.7. The fourth-order valence-electron chi connectivity index (χ4n) is 3.14. The Morgan fingerprint density at radius 1 is 1.27 bits per heavy atom. The van der Waals surface area contributed by atoms with Crippen LogP contribution in [0.5, 0.6) is 5.75 Å². The topological polar surface area (TPSA) is 102 Å². The zero-order valence-electron chi connectivity index (χ0n) is 14.5. The summed E-state index contributed by atoms with van der Waals surface area (Å²) in [4.78, 5) is 36.6. The number of carboxylic acid groups (broad SMARTS) is 1. The van der Waals surface area contributed by atoms with Crippen LogP contribution < -0.4 is 9.64 Å². The number of carbonyl (C=O) groups excluding carboxylic acids is 2. The van der Waals surface area contributed by atoms with E-state index in [2.05, 4.69) is 0 Å². The highest BCUT2D eigenvalue weighted by molar-refractivity contribution is 6.20. The van der Waals surface area contributed by atoms with Gasteiger partial charge in [0.25, 0.3) is 0 Å². The van der Waals surface area contributed by atoms with Crippen molar-refractivity contribution < 1.29 is 33.7 Å². The Kier molecular flexibility index (Phi) is 5.53. The summed E-state index contributed by atoms with van der Waals surface area (Å²) in [5.74, 6) is -1.30. The van der Waals surface area contributed by atoms with E-state index in [1.807, 2.05) is 0 Å². The first-order valence-corrected chi connectivity index (χ1v) is 8.52. The van der Waals surface area contributed by atoms with E-state index in [4.69, 9.17) is 19.3 Å². The van der Waals surface area contributed by atoms with E-state index in [0.29, 0.717) is 37.3 Å². The van der Waals surface area contributed by atoms with Gasteiger partial charge in [-0.3, -0.25) is 9.59 Å². The minimum Gasteiger partial charge on any atom is -0.479 e. The van der Waals surface area contributed by atoms with Gasteiger partial charge in [0.05, 0.1) is 12.3 Å². The number of anilines is 1. The minimum absolute atomic E-state index is 0.161. The van der Waals surface area contributed by atoms with Crippen LogP contribution in [-0.4, -0.2) is 42.4 Å². The Hall–Kier alpha value is -2.45. The number of rotatable bonds is 6. The molecule has 3 rings (SSSR count). The Bertz CT molecular complexity index is 701. The van der Waals surface area contributed by atoms with Crippen molar-refractivity contribution in [2.24, 2.45) is 0 Å². The highest BCUT2D eigenvalue weighted by Gasteiger charge is 2.34. The molecule has 2 aliphatic heterocycles. The van der Waals surface area contributed by atoms with Gasteiger partial charge in [0, 0.05) is 26.4 Å². The van der Waals surface area contributed by atoms with Crippen LogP contribution >= 0.6 is 0 Å². The van der Waals surface area contributed by atoms with E-state index in [1.165, 1.54) is 0 Å². The molecule has 2 amide bonds. The summed E-state index contributed by atoms with van der Waals surface area (Å²) in [7, 11) is 1.55. The number of ether oxygens (including phenoxy) is 3. The molecule has 2 unspecified atom stereocenters. The Balaban J connectivity index is 1.87. The summed E-state index contributed by atoms with van der Waals surface area (Å²) < 4.78 is 16.4. The van der Waals surface area contributed by atoms with Gasteiger partial charge in [-0.15, -0.1) is 0 Å². The highest BCUT2D eigenvalue weighted by Crippen LogP contribution is 2.35. The van der Waals surface area contributed by atoms with Crippen molar-refractivity contribution in [2.45, 2.75) is 51.1 Å². The van der Waals surface area contributed by atoms with Crippen molar-refractivity contribution >= 4 is 23.5 Å². The van der Waals surface area contributed by atoms with Gasteiger partial charge in [0.1, 0.15) is 5.75 Å². The van der Waals surface area contributed by atoms with Crippen molar-refractivity contribution in [3.05, 3.63) is 23.8 Å². The smallest absolute Gasteiger partial charge is 0.332 e. The van der Waals surface area contributed by atoms with Crippen molar-refractivity contribution in [3.8, 4) is 5.75 Å². The van der Waals surface area contributed by atoms with Crippen LogP contribution in [0.3, 0.4) is 0 Å². The van der Waals surface area contributed by atoms with E-state index >= 15 is 0 Å². The molecule has 1 aromatic rings. The molecule has 0 bridgehead atoms. The molecule has 0 aliphatic carbocycles. The van der Waals surface area contributed by atoms with E-state index in [1.54, 1.807) is 25.3 Å². The lowest BCUT2D eigenvalue weighted by atomic mass is 10.1. The highest BCUT2D eigenvalue weighted by atomic mass is 16.7. The fraction of sp³-hybridized carbons (Fsp3) is 0.500. The first-order valence-electron chi connectivity index (χ1n) is 8.52. The molecule has 2 saturated heterocycles. The fourth-order valence-corrected chi connectivity index (χ4v) is 3.14. The maximum Gasteiger partial charge on any atom is 0.332 e. The molecule has 2 heterocycles. The summed E-state index contributed by atoms with van der Waals surface area (Å²) >= 11 is 0. The second-order valence-electron chi connectivity index (χ2n) is 6.30. The van der Waals surface area contributed by atoms with Crippen LogP contribution in [0.2, 0.25) is 0 Å². The molecule has 140 valence electrons. The number of hydrogen-bond acceptors (Lipinski definition) is 6. The van der Waals surface area contributed by atoms with Crippen LogP contribution in [0.1, 0.15) is 37.7 Å². The number of aliphatic carboxylic acids is 1.